The molecule has 1 aromatic heterocycles. The second kappa shape index (κ2) is 7.62. The van der Waals surface area contributed by atoms with E-state index in [-0.39, 0.29) is 16.2 Å². The fraction of sp³-hybridized carbons (Fsp3) is 0.231. The Morgan fingerprint density at radius 3 is 1.98 bits per heavy atom. The molecule has 0 bridgehead atoms. The van der Waals surface area contributed by atoms with Crippen molar-refractivity contribution in [3.63, 3.8) is 0 Å². The third-order valence-electron chi connectivity index (χ3n) is 11.4. The van der Waals surface area contributed by atoms with Crippen LogP contribution >= 0.6 is 0 Å². The van der Waals surface area contributed by atoms with E-state index in [4.69, 9.17) is 4.42 Å². The van der Waals surface area contributed by atoms with E-state index in [9.17, 15) is 0 Å². The molecule has 0 radical (unpaired) electrons. The molecule has 1 unspecified atom stereocenters. The van der Waals surface area contributed by atoms with Crippen LogP contribution in [0.25, 0.3) is 44.2 Å². The molecule has 0 amide bonds. The van der Waals surface area contributed by atoms with E-state index in [0.29, 0.717) is 6.71 Å². The lowest BCUT2D eigenvalue weighted by atomic mass is 9.40. The Hall–Kier alpha value is -4.04. The van der Waals surface area contributed by atoms with Gasteiger partial charge in [-0.3, -0.25) is 0 Å². The van der Waals surface area contributed by atoms with Crippen LogP contribution < -0.4 is 5.46 Å². The standard InChI is InChI=1S/C39H33BO/c1-37(2)22-40(23-38(37,3)4)32-18-11-15-26-24-12-5-8-16-29(24)39(35(26)32)30-17-9-6-14-28(30)34-31(39)21-20-27-25-13-7-10-19-33(25)41-36(27)34/h5-21H,22-23H2,1-4H3. The molecule has 1 spiro atoms. The van der Waals surface area contributed by atoms with Crippen molar-refractivity contribution in [3.8, 4) is 22.3 Å². The second-order valence-corrected chi connectivity index (χ2v) is 13.9. The zero-order valence-corrected chi connectivity index (χ0v) is 24.2. The third kappa shape index (κ3) is 2.74. The number of fused-ring (bicyclic) bond motifs is 14. The van der Waals surface area contributed by atoms with Gasteiger partial charge in [0.25, 0.3) is 0 Å². The summed E-state index contributed by atoms with van der Waals surface area (Å²) in [5.41, 5.74) is 14.7. The van der Waals surface area contributed by atoms with E-state index < -0.39 is 0 Å². The summed E-state index contributed by atoms with van der Waals surface area (Å²) in [7, 11) is 0. The van der Waals surface area contributed by atoms with Crippen LogP contribution in [-0.4, -0.2) is 6.71 Å². The highest BCUT2D eigenvalue weighted by molar-refractivity contribution is 6.75. The quantitative estimate of drug-likeness (QED) is 0.193. The lowest BCUT2D eigenvalue weighted by Gasteiger charge is -2.35. The van der Waals surface area contributed by atoms with Gasteiger partial charge in [-0.2, -0.15) is 0 Å². The number of para-hydroxylation sites is 1. The van der Waals surface area contributed by atoms with Gasteiger partial charge in [-0.05, 0) is 55.8 Å². The van der Waals surface area contributed by atoms with Crippen molar-refractivity contribution < 1.29 is 4.42 Å². The van der Waals surface area contributed by atoms with Gasteiger partial charge in [0.2, 0.25) is 0 Å². The maximum absolute atomic E-state index is 6.72. The Bertz CT molecular complexity index is 2060. The van der Waals surface area contributed by atoms with E-state index in [1.165, 1.54) is 73.4 Å². The third-order valence-corrected chi connectivity index (χ3v) is 11.4. The molecule has 1 saturated heterocycles. The molecule has 198 valence electrons. The number of benzene rings is 5. The van der Waals surface area contributed by atoms with Crippen molar-refractivity contribution in [2.45, 2.75) is 45.8 Å². The number of furan rings is 1. The topological polar surface area (TPSA) is 13.1 Å². The van der Waals surface area contributed by atoms with E-state index in [2.05, 4.69) is 131 Å². The summed E-state index contributed by atoms with van der Waals surface area (Å²) in [6.45, 7) is 10.4. The number of hydrogen-bond acceptors (Lipinski definition) is 1. The summed E-state index contributed by atoms with van der Waals surface area (Å²) in [5, 5.41) is 2.39. The Morgan fingerprint density at radius 2 is 1.20 bits per heavy atom. The Kier molecular flexibility index (Phi) is 4.39. The molecule has 6 aromatic rings. The van der Waals surface area contributed by atoms with Crippen LogP contribution in [0.2, 0.25) is 12.6 Å². The van der Waals surface area contributed by atoms with Gasteiger partial charge in [0.15, 0.2) is 6.71 Å². The van der Waals surface area contributed by atoms with E-state index in [1.54, 1.807) is 0 Å². The first-order valence-electron chi connectivity index (χ1n) is 15.1. The van der Waals surface area contributed by atoms with Crippen molar-refractivity contribution >= 4 is 34.1 Å². The highest BCUT2D eigenvalue weighted by Crippen LogP contribution is 2.64. The summed E-state index contributed by atoms with van der Waals surface area (Å²) >= 11 is 0. The molecule has 2 aliphatic carbocycles. The number of rotatable bonds is 1. The van der Waals surface area contributed by atoms with Gasteiger partial charge in [0, 0.05) is 16.3 Å². The molecule has 9 rings (SSSR count). The first kappa shape index (κ1) is 23.6. The predicted octanol–water partition coefficient (Wildman–Crippen LogP) is 9.70. The Balaban J connectivity index is 1.43. The highest BCUT2D eigenvalue weighted by Gasteiger charge is 2.56. The highest BCUT2D eigenvalue weighted by atomic mass is 16.3. The zero-order chi connectivity index (χ0) is 27.7. The Morgan fingerprint density at radius 1 is 0.561 bits per heavy atom. The fourth-order valence-electron chi connectivity index (χ4n) is 8.91. The van der Waals surface area contributed by atoms with Crippen LogP contribution in [0.5, 0.6) is 0 Å². The summed E-state index contributed by atoms with van der Waals surface area (Å²) in [6.07, 6.45) is 2.42. The van der Waals surface area contributed by atoms with Crippen LogP contribution in [0.15, 0.2) is 108 Å². The first-order chi connectivity index (χ1) is 19.8. The summed E-state index contributed by atoms with van der Waals surface area (Å²) in [6, 6.07) is 38.6. The lowest BCUT2D eigenvalue weighted by Crippen LogP contribution is -2.39. The zero-order valence-electron chi connectivity index (χ0n) is 24.2. The van der Waals surface area contributed by atoms with Crippen LogP contribution in [0.4, 0.5) is 0 Å². The second-order valence-electron chi connectivity index (χ2n) is 13.9. The van der Waals surface area contributed by atoms with Gasteiger partial charge in [-0.15, -0.1) is 0 Å². The fourth-order valence-corrected chi connectivity index (χ4v) is 8.91. The average Bonchev–Trinajstić information content (AvgIpc) is 3.65. The molecule has 2 heteroatoms. The van der Waals surface area contributed by atoms with Crippen LogP contribution in [-0.2, 0) is 5.41 Å². The summed E-state index contributed by atoms with van der Waals surface area (Å²) < 4.78 is 6.72. The molecular formula is C39H33BO. The van der Waals surface area contributed by atoms with Gasteiger partial charge in [0.05, 0.1) is 5.41 Å². The lowest BCUT2D eigenvalue weighted by molar-refractivity contribution is 0.177. The van der Waals surface area contributed by atoms with Crippen molar-refractivity contribution in [2.24, 2.45) is 10.8 Å². The summed E-state index contributed by atoms with van der Waals surface area (Å²) in [5.74, 6) is 0. The maximum Gasteiger partial charge on any atom is 0.177 e. The van der Waals surface area contributed by atoms with Gasteiger partial charge in [0.1, 0.15) is 11.2 Å². The smallest absolute Gasteiger partial charge is 0.177 e. The molecule has 1 fully saturated rings. The van der Waals surface area contributed by atoms with Crippen molar-refractivity contribution in [2.75, 3.05) is 0 Å². The van der Waals surface area contributed by atoms with Crippen LogP contribution in [0, 0.1) is 10.8 Å². The molecule has 1 atom stereocenters. The van der Waals surface area contributed by atoms with E-state index >= 15 is 0 Å². The molecule has 0 saturated carbocycles. The van der Waals surface area contributed by atoms with Crippen LogP contribution in [0.3, 0.4) is 0 Å². The minimum atomic E-state index is -0.363. The van der Waals surface area contributed by atoms with E-state index in [0.717, 1.165) is 11.2 Å². The molecule has 0 N–H and O–H groups in total. The Labute approximate surface area is 242 Å². The van der Waals surface area contributed by atoms with Gasteiger partial charge in [-0.25, -0.2) is 0 Å². The van der Waals surface area contributed by atoms with Crippen molar-refractivity contribution in [1.29, 1.82) is 0 Å². The van der Waals surface area contributed by atoms with Crippen molar-refractivity contribution in [1.82, 2.24) is 0 Å². The minimum absolute atomic E-state index is 0.283. The van der Waals surface area contributed by atoms with Gasteiger partial charge < -0.3 is 4.42 Å². The minimum Gasteiger partial charge on any atom is -0.455 e. The van der Waals surface area contributed by atoms with Crippen LogP contribution in [0.1, 0.15) is 49.9 Å². The molecule has 5 aromatic carbocycles. The molecule has 41 heavy (non-hydrogen) atoms. The van der Waals surface area contributed by atoms with Gasteiger partial charge in [-0.1, -0.05) is 143 Å². The van der Waals surface area contributed by atoms with Crippen molar-refractivity contribution in [3.05, 3.63) is 125 Å². The molecule has 1 nitrogen and oxygen atoms in total. The average molecular weight is 529 g/mol. The monoisotopic (exact) mass is 528 g/mol. The summed E-state index contributed by atoms with van der Waals surface area (Å²) in [4.78, 5) is 0. The molecular weight excluding hydrogens is 495 g/mol. The number of hydrogen-bond donors (Lipinski definition) is 0. The maximum atomic E-state index is 6.72. The predicted molar refractivity (Wildman–Crippen MR) is 173 cm³/mol. The molecule has 3 aliphatic rings. The molecule has 2 heterocycles. The van der Waals surface area contributed by atoms with Gasteiger partial charge >= 0.3 is 0 Å². The SMILES string of the molecule is CC1(C)CB(c2cccc3c2C2(c4ccccc4-3)c3ccccc3-c3c2ccc2c3oc3ccccc32)CC1(C)C. The van der Waals surface area contributed by atoms with E-state index in [1.807, 2.05) is 0 Å². The normalized spacial score (nSPS) is 20.9. The largest absolute Gasteiger partial charge is 0.455 e. The first-order valence-corrected chi connectivity index (χ1v) is 15.1. The molecule has 1 aliphatic heterocycles.